The number of hydrogen-bond donors (Lipinski definition) is 1. The van der Waals surface area contributed by atoms with E-state index in [0.717, 1.165) is 11.8 Å². The first-order valence-corrected chi connectivity index (χ1v) is 8.45. The molecule has 5 nitrogen and oxygen atoms in total. The van der Waals surface area contributed by atoms with Gasteiger partial charge in [-0.15, -0.1) is 0 Å². The van der Waals surface area contributed by atoms with Crippen molar-refractivity contribution in [2.24, 2.45) is 0 Å². The van der Waals surface area contributed by atoms with E-state index in [1.807, 2.05) is 18.2 Å². The Hall–Kier alpha value is -2.38. The van der Waals surface area contributed by atoms with Gasteiger partial charge in [-0.3, -0.25) is 9.78 Å². The van der Waals surface area contributed by atoms with Crippen molar-refractivity contribution in [3.8, 4) is 0 Å². The molecule has 1 N–H and O–H groups in total. The Morgan fingerprint density at radius 3 is 2.96 bits per heavy atom. The van der Waals surface area contributed by atoms with Crippen LogP contribution in [0.4, 0.5) is 8.78 Å². The van der Waals surface area contributed by atoms with Gasteiger partial charge in [-0.1, -0.05) is 18.2 Å². The number of halogens is 2. The number of pyridine rings is 1. The van der Waals surface area contributed by atoms with Crippen molar-refractivity contribution in [1.29, 1.82) is 0 Å². The molecule has 138 valence electrons. The van der Waals surface area contributed by atoms with Crippen LogP contribution < -0.4 is 5.32 Å². The molecule has 0 spiro atoms. The predicted octanol–water partition coefficient (Wildman–Crippen LogP) is 2.39. The maximum absolute atomic E-state index is 13.7. The average Bonchev–Trinajstić information content (AvgIpc) is 2.65. The predicted molar refractivity (Wildman–Crippen MR) is 90.2 cm³/mol. The number of nitrogens with zero attached hydrogens (tertiary/aromatic N) is 1. The number of amides is 1. The van der Waals surface area contributed by atoms with Crippen molar-refractivity contribution in [2.45, 2.75) is 31.6 Å². The number of carbonyl (C=O) groups excluding carboxylic acids is 1. The second kappa shape index (κ2) is 8.82. The molecule has 0 aliphatic carbocycles. The smallest absolute Gasteiger partial charge is 0.224 e. The second-order valence-electron chi connectivity index (χ2n) is 6.10. The van der Waals surface area contributed by atoms with Gasteiger partial charge in [0.2, 0.25) is 5.91 Å². The summed E-state index contributed by atoms with van der Waals surface area (Å²) in [5.74, 6) is -2.37. The van der Waals surface area contributed by atoms with Crippen molar-refractivity contribution in [2.75, 3.05) is 13.2 Å². The van der Waals surface area contributed by atoms with Crippen LogP contribution >= 0.6 is 0 Å². The minimum Gasteiger partial charge on any atom is -0.379 e. The molecule has 1 aliphatic heterocycles. The van der Waals surface area contributed by atoms with Gasteiger partial charge in [-0.2, -0.15) is 0 Å². The number of nitrogens with one attached hydrogen (secondary N) is 1. The fourth-order valence-corrected chi connectivity index (χ4v) is 2.84. The molecule has 1 aliphatic rings. The number of hydrogen-bond acceptors (Lipinski definition) is 4. The Morgan fingerprint density at radius 1 is 1.27 bits per heavy atom. The standard InChI is InChI=1S/C19H20F2N2O3/c20-15-6-3-4-13(19(15)21)10-18(24)23-16-12-25-9-7-17(16)26-11-14-5-1-2-8-22-14/h1-6,8,16-17H,7,9-12H2,(H,23,24). The van der Waals surface area contributed by atoms with Gasteiger partial charge in [0.25, 0.3) is 0 Å². The van der Waals surface area contributed by atoms with E-state index in [-0.39, 0.29) is 24.1 Å². The first-order valence-electron chi connectivity index (χ1n) is 8.45. The molecule has 1 aromatic carbocycles. The maximum Gasteiger partial charge on any atom is 0.224 e. The average molecular weight is 362 g/mol. The van der Waals surface area contributed by atoms with E-state index in [4.69, 9.17) is 9.47 Å². The molecule has 26 heavy (non-hydrogen) atoms. The number of carbonyl (C=O) groups is 1. The normalized spacial score (nSPS) is 19.9. The van der Waals surface area contributed by atoms with Crippen LogP contribution in [0.25, 0.3) is 0 Å². The van der Waals surface area contributed by atoms with E-state index in [9.17, 15) is 13.6 Å². The minimum absolute atomic E-state index is 0.0187. The summed E-state index contributed by atoms with van der Waals surface area (Å²) in [5.41, 5.74) is 0.816. The summed E-state index contributed by atoms with van der Waals surface area (Å²) < 4.78 is 38.3. The summed E-state index contributed by atoms with van der Waals surface area (Å²) in [5, 5.41) is 2.80. The molecule has 1 saturated heterocycles. The quantitative estimate of drug-likeness (QED) is 0.857. The zero-order valence-corrected chi connectivity index (χ0v) is 14.2. The second-order valence-corrected chi connectivity index (χ2v) is 6.10. The molecule has 0 radical (unpaired) electrons. The van der Waals surface area contributed by atoms with Gasteiger partial charge in [0.1, 0.15) is 0 Å². The first kappa shape index (κ1) is 18.4. The van der Waals surface area contributed by atoms with E-state index in [0.29, 0.717) is 26.2 Å². The summed E-state index contributed by atoms with van der Waals surface area (Å²) in [4.78, 5) is 16.4. The topological polar surface area (TPSA) is 60.5 Å². The lowest BCUT2D eigenvalue weighted by molar-refractivity contribution is -0.126. The lowest BCUT2D eigenvalue weighted by atomic mass is 10.1. The van der Waals surface area contributed by atoms with Crippen molar-refractivity contribution in [3.05, 3.63) is 65.5 Å². The molecule has 3 rings (SSSR count). The van der Waals surface area contributed by atoms with Crippen LogP contribution in [0, 0.1) is 11.6 Å². The highest BCUT2D eigenvalue weighted by atomic mass is 19.2. The highest BCUT2D eigenvalue weighted by Gasteiger charge is 2.28. The number of ether oxygens (including phenoxy) is 2. The third kappa shape index (κ3) is 4.83. The van der Waals surface area contributed by atoms with Crippen LogP contribution in [0.3, 0.4) is 0 Å². The van der Waals surface area contributed by atoms with Gasteiger partial charge in [0, 0.05) is 18.4 Å². The zero-order valence-electron chi connectivity index (χ0n) is 14.2. The number of benzene rings is 1. The Bertz CT molecular complexity index is 743. The summed E-state index contributed by atoms with van der Waals surface area (Å²) in [6, 6.07) is 9.01. The molecule has 2 unspecified atom stereocenters. The van der Waals surface area contributed by atoms with Gasteiger partial charge >= 0.3 is 0 Å². The lowest BCUT2D eigenvalue weighted by Crippen LogP contribution is -2.51. The molecular formula is C19H20F2N2O3. The van der Waals surface area contributed by atoms with E-state index < -0.39 is 17.5 Å². The third-order valence-corrected chi connectivity index (χ3v) is 4.19. The summed E-state index contributed by atoms with van der Waals surface area (Å²) >= 11 is 0. The zero-order chi connectivity index (χ0) is 18.4. The minimum atomic E-state index is -0.995. The molecule has 1 fully saturated rings. The van der Waals surface area contributed by atoms with E-state index in [1.54, 1.807) is 6.20 Å². The van der Waals surface area contributed by atoms with Crippen LogP contribution in [0.1, 0.15) is 17.7 Å². The van der Waals surface area contributed by atoms with Gasteiger partial charge < -0.3 is 14.8 Å². The largest absolute Gasteiger partial charge is 0.379 e. The summed E-state index contributed by atoms with van der Waals surface area (Å²) in [6.07, 6.45) is 1.85. The lowest BCUT2D eigenvalue weighted by Gasteiger charge is -2.32. The fourth-order valence-electron chi connectivity index (χ4n) is 2.84. The van der Waals surface area contributed by atoms with Gasteiger partial charge in [0.05, 0.1) is 37.5 Å². The van der Waals surface area contributed by atoms with Gasteiger partial charge in [0.15, 0.2) is 11.6 Å². The van der Waals surface area contributed by atoms with Crippen molar-refractivity contribution in [3.63, 3.8) is 0 Å². The number of aromatic nitrogens is 1. The summed E-state index contributed by atoms with van der Waals surface area (Å²) in [7, 11) is 0. The third-order valence-electron chi connectivity index (χ3n) is 4.19. The van der Waals surface area contributed by atoms with E-state index in [2.05, 4.69) is 10.3 Å². The SMILES string of the molecule is O=C(Cc1cccc(F)c1F)NC1COCCC1OCc1ccccn1. The van der Waals surface area contributed by atoms with Crippen LogP contribution in [0.2, 0.25) is 0 Å². The van der Waals surface area contributed by atoms with Gasteiger partial charge in [-0.05, 0) is 24.6 Å². The van der Waals surface area contributed by atoms with Crippen LogP contribution in [0.15, 0.2) is 42.6 Å². The van der Waals surface area contributed by atoms with Gasteiger partial charge in [-0.25, -0.2) is 8.78 Å². The number of rotatable bonds is 6. The van der Waals surface area contributed by atoms with Crippen LogP contribution in [-0.4, -0.2) is 36.3 Å². The Kier molecular flexibility index (Phi) is 6.25. The molecule has 2 atom stereocenters. The van der Waals surface area contributed by atoms with Crippen LogP contribution in [-0.2, 0) is 27.3 Å². The molecule has 0 saturated carbocycles. The first-order chi connectivity index (χ1) is 12.6. The molecule has 1 aromatic heterocycles. The Balaban J connectivity index is 1.57. The van der Waals surface area contributed by atoms with E-state index >= 15 is 0 Å². The van der Waals surface area contributed by atoms with Crippen LogP contribution in [0.5, 0.6) is 0 Å². The van der Waals surface area contributed by atoms with Crippen molar-refractivity contribution < 1.29 is 23.0 Å². The molecule has 2 heterocycles. The molecule has 2 aromatic rings. The molecular weight excluding hydrogens is 342 g/mol. The Morgan fingerprint density at radius 2 is 2.15 bits per heavy atom. The van der Waals surface area contributed by atoms with Crippen molar-refractivity contribution in [1.82, 2.24) is 10.3 Å². The van der Waals surface area contributed by atoms with Crippen molar-refractivity contribution >= 4 is 5.91 Å². The maximum atomic E-state index is 13.7. The highest BCUT2D eigenvalue weighted by molar-refractivity contribution is 5.79. The highest BCUT2D eigenvalue weighted by Crippen LogP contribution is 2.15. The van der Waals surface area contributed by atoms with E-state index in [1.165, 1.54) is 12.1 Å². The monoisotopic (exact) mass is 362 g/mol. The Labute approximate surface area is 150 Å². The fraction of sp³-hybridized carbons (Fsp3) is 0.368. The molecule has 7 heteroatoms. The molecule has 1 amide bonds. The summed E-state index contributed by atoms with van der Waals surface area (Å²) in [6.45, 7) is 1.18. The molecule has 0 bridgehead atoms.